The van der Waals surface area contributed by atoms with Gasteiger partial charge in [-0.3, -0.25) is 4.57 Å². The number of hydrogen-bond donors (Lipinski definition) is 0. The van der Waals surface area contributed by atoms with Gasteiger partial charge in [-0.1, -0.05) is 121 Å². The Bertz CT molecular complexity index is 3390. The summed E-state index contributed by atoms with van der Waals surface area (Å²) in [7, 11) is 0. The van der Waals surface area contributed by atoms with E-state index in [0.717, 1.165) is 54.1 Å². The van der Waals surface area contributed by atoms with Crippen LogP contribution in [-0.4, -0.2) is 14.5 Å². The first kappa shape index (κ1) is 21.6. The topological polar surface area (TPSA) is 30.7 Å². The molecule has 0 radical (unpaired) electrons. The zero-order valence-electron chi connectivity index (χ0n) is 30.3. The lowest BCUT2D eigenvalue weighted by Gasteiger charge is -2.16. The fraction of sp³-hybridized carbons (Fsp3) is 0. The second-order valence-corrected chi connectivity index (χ2v) is 13.3. The van der Waals surface area contributed by atoms with Crippen molar-refractivity contribution < 1.29 is 6.85 Å². The van der Waals surface area contributed by atoms with Crippen molar-refractivity contribution in [2.45, 2.75) is 0 Å². The van der Waals surface area contributed by atoms with E-state index < -0.39 is 18.1 Å². The van der Waals surface area contributed by atoms with Crippen molar-refractivity contribution in [1.82, 2.24) is 14.5 Å². The van der Waals surface area contributed by atoms with E-state index in [4.69, 9.17) is 16.8 Å². The highest BCUT2D eigenvalue weighted by molar-refractivity contribution is 7.26. The Morgan fingerprint density at radius 3 is 2.02 bits per heavy atom. The molecule has 11 rings (SSSR count). The van der Waals surface area contributed by atoms with E-state index >= 15 is 0 Å². The second-order valence-electron chi connectivity index (χ2n) is 12.2. The summed E-state index contributed by atoms with van der Waals surface area (Å²) < 4.78 is 48.3. The van der Waals surface area contributed by atoms with Crippen molar-refractivity contribution in [3.05, 3.63) is 152 Å². The van der Waals surface area contributed by atoms with Crippen LogP contribution in [-0.2, 0) is 0 Å². The third kappa shape index (κ3) is 3.52. The molecular formula is C44H25N3S. The lowest BCUT2D eigenvalue weighted by atomic mass is 9.94. The van der Waals surface area contributed by atoms with Crippen LogP contribution >= 0.6 is 11.3 Å². The Hall–Kier alpha value is -6.10. The van der Waals surface area contributed by atoms with E-state index in [1.54, 1.807) is 11.3 Å². The molecule has 48 heavy (non-hydrogen) atoms. The lowest BCUT2D eigenvalue weighted by molar-refractivity contribution is 1.02. The summed E-state index contributed by atoms with van der Waals surface area (Å²) in [5.41, 5.74) is 2.80. The molecule has 0 aliphatic carbocycles. The van der Waals surface area contributed by atoms with Crippen molar-refractivity contribution in [2.75, 3.05) is 0 Å². The van der Waals surface area contributed by atoms with Crippen LogP contribution in [0.25, 0.3) is 102 Å². The fourth-order valence-electron chi connectivity index (χ4n) is 7.64. The van der Waals surface area contributed by atoms with Crippen molar-refractivity contribution in [3.63, 3.8) is 0 Å². The van der Waals surface area contributed by atoms with Gasteiger partial charge in [0.15, 0.2) is 0 Å². The Labute approximate surface area is 286 Å². The number of fused-ring (bicyclic) bond motifs is 14. The summed E-state index contributed by atoms with van der Waals surface area (Å²) >= 11 is 1.79. The van der Waals surface area contributed by atoms with E-state index in [1.807, 2.05) is 54.6 Å². The zero-order chi connectivity index (χ0) is 35.7. The molecule has 222 valence electrons. The summed E-state index contributed by atoms with van der Waals surface area (Å²) in [4.78, 5) is 10.7. The van der Waals surface area contributed by atoms with Crippen LogP contribution in [0, 0.1) is 0 Å². The first-order chi connectivity index (χ1) is 25.9. The number of para-hydroxylation sites is 1. The summed E-state index contributed by atoms with van der Waals surface area (Å²) in [6, 6.07) is 39.8. The summed E-state index contributed by atoms with van der Waals surface area (Å²) in [6.07, 6.45) is 0. The molecule has 0 aliphatic heterocycles. The smallest absolute Gasteiger partial charge is 0.235 e. The number of nitrogens with zero attached hydrogens (tertiary/aromatic N) is 3. The average molecular weight is 633 g/mol. The quantitative estimate of drug-likeness (QED) is 0.178. The van der Waals surface area contributed by atoms with Crippen molar-refractivity contribution in [1.29, 1.82) is 0 Å². The van der Waals surface area contributed by atoms with Crippen LogP contribution in [0.3, 0.4) is 0 Å². The van der Waals surface area contributed by atoms with Gasteiger partial charge in [0.05, 0.1) is 29.1 Å². The molecule has 3 nitrogen and oxygen atoms in total. The van der Waals surface area contributed by atoms with E-state index in [9.17, 15) is 0 Å². The van der Waals surface area contributed by atoms with E-state index in [-0.39, 0.29) is 17.6 Å². The summed E-state index contributed by atoms with van der Waals surface area (Å²) in [6.45, 7) is 0. The highest BCUT2D eigenvalue weighted by Crippen LogP contribution is 2.43. The minimum Gasteiger partial charge on any atom is -0.278 e. The number of hydrogen-bond acceptors (Lipinski definition) is 3. The molecule has 0 spiro atoms. The second kappa shape index (κ2) is 9.71. The standard InChI is InChI=1S/C44H25N3S/c1-2-12-26(13-3-1)42-41-31-17-6-4-14-28(31)29-15-5-7-18-32(29)43(41)46-44(45-42)47-36-20-10-8-16-30(36)35-24-27-22-23-39-40(34(27)25-37(35)47)33-19-9-11-21-38(33)48-39/h1-25H/i1D,2D,3D,12D,13D. The Kier molecular flexibility index (Phi) is 4.38. The van der Waals surface area contributed by atoms with Crippen LogP contribution in [0.15, 0.2) is 152 Å². The highest BCUT2D eigenvalue weighted by atomic mass is 32.1. The molecule has 3 aromatic heterocycles. The SMILES string of the molecule is [2H]c1c([2H])c([2H])c(-c2nc(-n3c4ccccc4c4cc5ccc6sc7ccccc7c6c5cc43)nc3c4ccccc4c4ccccc4c23)c([2H])c1[2H]. The maximum Gasteiger partial charge on any atom is 0.235 e. The molecule has 11 aromatic rings. The molecular weight excluding hydrogens is 603 g/mol. The molecule has 0 atom stereocenters. The minimum atomic E-state index is -0.445. The molecule has 3 heterocycles. The molecule has 0 unspecified atom stereocenters. The van der Waals surface area contributed by atoms with Gasteiger partial charge < -0.3 is 0 Å². The predicted octanol–water partition coefficient (Wildman–Crippen LogP) is 12.2. The van der Waals surface area contributed by atoms with Gasteiger partial charge in [0, 0.05) is 47.3 Å². The third-order valence-electron chi connectivity index (χ3n) is 9.65. The number of rotatable bonds is 2. The monoisotopic (exact) mass is 632 g/mol. The molecule has 0 amide bonds. The third-order valence-corrected chi connectivity index (χ3v) is 10.8. The van der Waals surface area contributed by atoms with E-state index in [1.165, 1.54) is 20.2 Å². The molecule has 8 aromatic carbocycles. The van der Waals surface area contributed by atoms with Gasteiger partial charge in [0.25, 0.3) is 0 Å². The Balaban J connectivity index is 1.36. The van der Waals surface area contributed by atoms with Crippen LogP contribution in [0.5, 0.6) is 0 Å². The van der Waals surface area contributed by atoms with Gasteiger partial charge >= 0.3 is 0 Å². The first-order valence-corrected chi connectivity index (χ1v) is 16.7. The molecule has 0 saturated heterocycles. The van der Waals surface area contributed by atoms with Gasteiger partial charge in [-0.25, -0.2) is 9.97 Å². The van der Waals surface area contributed by atoms with Crippen molar-refractivity contribution in [3.8, 4) is 17.2 Å². The van der Waals surface area contributed by atoms with Gasteiger partial charge in [-0.15, -0.1) is 11.3 Å². The van der Waals surface area contributed by atoms with Crippen molar-refractivity contribution in [2.24, 2.45) is 0 Å². The Morgan fingerprint density at radius 1 is 0.500 bits per heavy atom. The maximum atomic E-state index is 9.11. The Morgan fingerprint density at radius 2 is 1.19 bits per heavy atom. The van der Waals surface area contributed by atoms with E-state index in [2.05, 4.69) is 71.3 Å². The minimum absolute atomic E-state index is 0.0442. The van der Waals surface area contributed by atoms with Crippen LogP contribution in [0.4, 0.5) is 0 Å². The summed E-state index contributed by atoms with van der Waals surface area (Å²) in [5, 5.41) is 11.1. The zero-order valence-corrected chi connectivity index (χ0v) is 26.1. The number of thiophene rings is 1. The lowest BCUT2D eigenvalue weighted by Crippen LogP contribution is -2.04. The normalized spacial score (nSPS) is 13.6. The number of aromatic nitrogens is 3. The average Bonchev–Trinajstić information content (AvgIpc) is 3.74. The highest BCUT2D eigenvalue weighted by Gasteiger charge is 2.21. The largest absolute Gasteiger partial charge is 0.278 e. The van der Waals surface area contributed by atoms with Gasteiger partial charge in [-0.05, 0) is 57.3 Å². The van der Waals surface area contributed by atoms with E-state index in [0.29, 0.717) is 22.5 Å². The van der Waals surface area contributed by atoms with Crippen molar-refractivity contribution >= 4 is 96.5 Å². The van der Waals surface area contributed by atoms with Crippen LogP contribution in [0.2, 0.25) is 0 Å². The van der Waals surface area contributed by atoms with Gasteiger partial charge in [0.1, 0.15) is 0 Å². The fourth-order valence-corrected chi connectivity index (χ4v) is 8.76. The molecule has 4 heteroatoms. The first-order valence-electron chi connectivity index (χ1n) is 18.3. The molecule has 0 saturated carbocycles. The molecule has 0 fully saturated rings. The van der Waals surface area contributed by atoms with Crippen LogP contribution in [0.1, 0.15) is 6.85 Å². The van der Waals surface area contributed by atoms with Crippen LogP contribution < -0.4 is 0 Å². The number of benzene rings is 8. The molecule has 0 N–H and O–H groups in total. The molecule has 0 bridgehead atoms. The maximum absolute atomic E-state index is 9.11. The van der Waals surface area contributed by atoms with Gasteiger partial charge in [-0.2, -0.15) is 0 Å². The van der Waals surface area contributed by atoms with Gasteiger partial charge in [0.2, 0.25) is 5.95 Å². The molecule has 0 aliphatic rings. The summed E-state index contributed by atoms with van der Waals surface area (Å²) in [5.74, 6) is 0.354. The predicted molar refractivity (Wildman–Crippen MR) is 205 cm³/mol.